The number of hydrogen-bond acceptors (Lipinski definition) is 4. The minimum absolute atomic E-state index is 0.141. The molecule has 0 saturated carbocycles. The van der Waals surface area contributed by atoms with Gasteiger partial charge in [-0.25, -0.2) is 0 Å². The number of ether oxygens (including phenoxy) is 1. The molecule has 0 amide bonds. The molecule has 1 aliphatic heterocycles. The van der Waals surface area contributed by atoms with Gasteiger partial charge in [0.2, 0.25) is 0 Å². The molecule has 1 heterocycles. The summed E-state index contributed by atoms with van der Waals surface area (Å²) in [7, 11) is -3.63. The average Bonchev–Trinajstić information content (AvgIpc) is 2.40. The summed E-state index contributed by atoms with van der Waals surface area (Å²) < 4.78 is 34.4. The van der Waals surface area contributed by atoms with Crippen molar-refractivity contribution in [2.45, 2.75) is 43.6 Å². The van der Waals surface area contributed by atoms with Gasteiger partial charge in [-0.05, 0) is 44.7 Å². The Kier molecular flexibility index (Phi) is 4.96. The van der Waals surface area contributed by atoms with Gasteiger partial charge in [0, 0.05) is 6.61 Å². The zero-order valence-corrected chi connectivity index (χ0v) is 12.0. The molecule has 0 N–H and O–H groups in total. The monoisotopic (exact) mass is 284 g/mol. The fourth-order valence-electron chi connectivity index (χ4n) is 2.10. The van der Waals surface area contributed by atoms with Crippen molar-refractivity contribution in [1.82, 2.24) is 0 Å². The van der Waals surface area contributed by atoms with Gasteiger partial charge >= 0.3 is 0 Å². The zero-order valence-electron chi connectivity index (χ0n) is 11.2. The predicted octanol–water partition coefficient (Wildman–Crippen LogP) is 2.66. The molecule has 0 spiro atoms. The maximum atomic E-state index is 11.9. The lowest BCUT2D eigenvalue weighted by Gasteiger charge is -2.22. The summed E-state index contributed by atoms with van der Waals surface area (Å²) >= 11 is 0. The van der Waals surface area contributed by atoms with E-state index in [4.69, 9.17) is 8.92 Å². The van der Waals surface area contributed by atoms with Crippen molar-refractivity contribution in [3.8, 4) is 0 Å². The summed E-state index contributed by atoms with van der Waals surface area (Å²) in [6.45, 7) is 2.87. The second-order valence-corrected chi connectivity index (χ2v) is 6.48. The van der Waals surface area contributed by atoms with E-state index in [1.807, 2.05) is 6.92 Å². The van der Waals surface area contributed by atoms with Crippen LogP contribution >= 0.6 is 0 Å². The molecule has 0 radical (unpaired) electrons. The van der Waals surface area contributed by atoms with Gasteiger partial charge in [-0.3, -0.25) is 4.18 Å². The van der Waals surface area contributed by atoms with E-state index >= 15 is 0 Å². The lowest BCUT2D eigenvalue weighted by Crippen LogP contribution is -2.21. The van der Waals surface area contributed by atoms with Crippen LogP contribution in [-0.2, 0) is 19.0 Å². The summed E-state index contributed by atoms with van der Waals surface area (Å²) in [5.41, 5.74) is 1.02. The standard InChI is InChI=1S/C14H20O4S/c1-12-5-7-14(8-6-12)19(15,16)18-11-9-13-4-2-3-10-17-13/h5-8,13H,2-4,9-11H2,1H3. The van der Waals surface area contributed by atoms with Crippen LogP contribution in [0.25, 0.3) is 0 Å². The van der Waals surface area contributed by atoms with Crippen molar-refractivity contribution in [3.63, 3.8) is 0 Å². The fourth-order valence-corrected chi connectivity index (χ4v) is 3.02. The fraction of sp³-hybridized carbons (Fsp3) is 0.571. The van der Waals surface area contributed by atoms with Crippen LogP contribution in [0.2, 0.25) is 0 Å². The number of aryl methyl sites for hydroxylation is 1. The van der Waals surface area contributed by atoms with Crippen molar-refractivity contribution in [2.24, 2.45) is 0 Å². The van der Waals surface area contributed by atoms with E-state index < -0.39 is 10.1 Å². The van der Waals surface area contributed by atoms with Crippen molar-refractivity contribution < 1.29 is 17.3 Å². The highest BCUT2D eigenvalue weighted by atomic mass is 32.2. The number of benzene rings is 1. The molecule has 106 valence electrons. The first-order chi connectivity index (χ1) is 9.08. The Balaban J connectivity index is 1.85. The van der Waals surface area contributed by atoms with Gasteiger partial charge in [-0.1, -0.05) is 17.7 Å². The molecule has 1 unspecified atom stereocenters. The first-order valence-corrected chi connectivity index (χ1v) is 8.06. The van der Waals surface area contributed by atoms with Crippen LogP contribution in [0.5, 0.6) is 0 Å². The predicted molar refractivity (Wildman–Crippen MR) is 72.5 cm³/mol. The van der Waals surface area contributed by atoms with Gasteiger partial charge < -0.3 is 4.74 Å². The van der Waals surface area contributed by atoms with Crippen LogP contribution in [0, 0.1) is 6.92 Å². The summed E-state index contributed by atoms with van der Waals surface area (Å²) in [5.74, 6) is 0. The lowest BCUT2D eigenvalue weighted by molar-refractivity contribution is 0.00451. The third-order valence-electron chi connectivity index (χ3n) is 3.26. The van der Waals surface area contributed by atoms with Gasteiger partial charge in [-0.15, -0.1) is 0 Å². The Hall–Kier alpha value is -0.910. The highest BCUT2D eigenvalue weighted by molar-refractivity contribution is 7.86. The molecule has 1 aromatic carbocycles. The molecule has 0 aliphatic carbocycles. The molecule has 1 aromatic rings. The average molecular weight is 284 g/mol. The molecule has 1 fully saturated rings. The van der Waals surface area contributed by atoms with Crippen molar-refractivity contribution in [2.75, 3.05) is 13.2 Å². The molecule has 1 aliphatic rings. The van der Waals surface area contributed by atoms with Gasteiger partial charge in [0.15, 0.2) is 0 Å². The minimum atomic E-state index is -3.63. The lowest BCUT2D eigenvalue weighted by atomic mass is 10.1. The highest BCUT2D eigenvalue weighted by Gasteiger charge is 2.18. The Bertz CT molecular complexity index is 487. The van der Waals surface area contributed by atoms with E-state index in [1.54, 1.807) is 24.3 Å². The van der Waals surface area contributed by atoms with E-state index in [-0.39, 0.29) is 17.6 Å². The molecule has 4 nitrogen and oxygen atoms in total. The van der Waals surface area contributed by atoms with E-state index in [9.17, 15) is 8.42 Å². The summed E-state index contributed by atoms with van der Waals surface area (Å²) in [6, 6.07) is 6.67. The van der Waals surface area contributed by atoms with Crippen LogP contribution in [0.15, 0.2) is 29.2 Å². The normalized spacial score (nSPS) is 20.4. The van der Waals surface area contributed by atoms with E-state index in [0.717, 1.165) is 31.4 Å². The van der Waals surface area contributed by atoms with Crippen LogP contribution in [0.4, 0.5) is 0 Å². The molecule has 1 saturated heterocycles. The highest BCUT2D eigenvalue weighted by Crippen LogP contribution is 2.18. The van der Waals surface area contributed by atoms with Crippen LogP contribution in [0.3, 0.4) is 0 Å². The largest absolute Gasteiger partial charge is 0.378 e. The topological polar surface area (TPSA) is 52.6 Å². The van der Waals surface area contributed by atoms with Crippen LogP contribution in [0.1, 0.15) is 31.2 Å². The van der Waals surface area contributed by atoms with Gasteiger partial charge in [0.05, 0.1) is 17.6 Å². The van der Waals surface area contributed by atoms with Crippen LogP contribution in [-0.4, -0.2) is 27.7 Å². The molecule has 0 bridgehead atoms. The summed E-state index contributed by atoms with van der Waals surface area (Å²) in [6.07, 6.45) is 4.01. The molecule has 19 heavy (non-hydrogen) atoms. The van der Waals surface area contributed by atoms with Crippen molar-refractivity contribution >= 4 is 10.1 Å². The quantitative estimate of drug-likeness (QED) is 0.780. The minimum Gasteiger partial charge on any atom is -0.378 e. The molecule has 1 atom stereocenters. The second kappa shape index (κ2) is 6.50. The third kappa shape index (κ3) is 4.30. The molecular weight excluding hydrogens is 264 g/mol. The van der Waals surface area contributed by atoms with Crippen LogP contribution < -0.4 is 0 Å². The van der Waals surface area contributed by atoms with Crippen molar-refractivity contribution in [3.05, 3.63) is 29.8 Å². The Morgan fingerprint density at radius 2 is 2.00 bits per heavy atom. The van der Waals surface area contributed by atoms with Gasteiger partial charge in [0.25, 0.3) is 10.1 Å². The first-order valence-electron chi connectivity index (χ1n) is 6.66. The first kappa shape index (κ1) is 14.5. The van der Waals surface area contributed by atoms with E-state index in [1.165, 1.54) is 0 Å². The molecule has 0 aromatic heterocycles. The zero-order chi connectivity index (χ0) is 13.7. The van der Waals surface area contributed by atoms with E-state index in [0.29, 0.717) is 6.42 Å². The maximum absolute atomic E-state index is 11.9. The molecule has 2 rings (SSSR count). The molecule has 5 heteroatoms. The maximum Gasteiger partial charge on any atom is 0.296 e. The second-order valence-electron chi connectivity index (χ2n) is 4.87. The van der Waals surface area contributed by atoms with Crippen molar-refractivity contribution in [1.29, 1.82) is 0 Å². The smallest absolute Gasteiger partial charge is 0.296 e. The van der Waals surface area contributed by atoms with E-state index in [2.05, 4.69) is 0 Å². The third-order valence-corrected chi connectivity index (χ3v) is 4.59. The van der Waals surface area contributed by atoms with Gasteiger partial charge in [0.1, 0.15) is 0 Å². The Labute approximate surface area is 114 Å². The summed E-state index contributed by atoms with van der Waals surface area (Å²) in [5, 5.41) is 0. The SMILES string of the molecule is Cc1ccc(S(=O)(=O)OCCC2CCCCO2)cc1. The number of rotatable bonds is 5. The Morgan fingerprint density at radius 1 is 1.26 bits per heavy atom. The van der Waals surface area contributed by atoms with Gasteiger partial charge in [-0.2, -0.15) is 8.42 Å². The molecular formula is C14H20O4S. The summed E-state index contributed by atoms with van der Waals surface area (Å²) in [4.78, 5) is 0.211. The Morgan fingerprint density at radius 3 is 2.63 bits per heavy atom. The number of hydrogen-bond donors (Lipinski definition) is 0.